The van der Waals surface area contributed by atoms with Crippen LogP contribution in [-0.4, -0.2) is 73.9 Å². The lowest BCUT2D eigenvalue weighted by Gasteiger charge is -2.31. The monoisotopic (exact) mass is 553 g/mol. The Labute approximate surface area is 227 Å². The van der Waals surface area contributed by atoms with E-state index in [1.807, 2.05) is 12.3 Å². The van der Waals surface area contributed by atoms with Crippen molar-refractivity contribution in [3.8, 4) is 11.4 Å². The molecule has 0 amide bonds. The minimum atomic E-state index is -3.40. The van der Waals surface area contributed by atoms with Crippen LogP contribution in [-0.2, 0) is 21.1 Å². The first-order valence-electron chi connectivity index (χ1n) is 13.6. The molecule has 3 aromatic heterocycles. The van der Waals surface area contributed by atoms with Crippen molar-refractivity contribution in [2.24, 2.45) is 5.92 Å². The van der Waals surface area contributed by atoms with E-state index in [9.17, 15) is 8.42 Å². The summed E-state index contributed by atoms with van der Waals surface area (Å²) in [7, 11) is -3.40. The van der Waals surface area contributed by atoms with Crippen LogP contribution in [0.5, 0.6) is 0 Å². The van der Waals surface area contributed by atoms with Crippen LogP contribution >= 0.6 is 11.3 Å². The Balaban J connectivity index is 1.41. The third-order valence-corrected chi connectivity index (χ3v) is 10.0. The zero-order valence-corrected chi connectivity index (χ0v) is 23.7. The van der Waals surface area contributed by atoms with Crippen LogP contribution in [0.1, 0.15) is 37.5 Å². The number of hydrogen-bond acceptors (Lipinski definition) is 8. The highest BCUT2D eigenvalue weighted by atomic mass is 32.2. The Hall–Kier alpha value is -2.53. The Morgan fingerprint density at radius 3 is 2.63 bits per heavy atom. The largest absolute Gasteiger partial charge is 0.378 e. The number of likely N-dealkylation sites (tertiary alicyclic amines) is 1. The third-order valence-electron chi connectivity index (χ3n) is 7.81. The molecular weight excluding hydrogens is 518 g/mol. The molecular formula is C28H35N5O3S2. The van der Waals surface area contributed by atoms with E-state index in [1.165, 1.54) is 36.8 Å². The molecule has 1 aromatic carbocycles. The number of nitrogens with one attached hydrogen (secondary N) is 1. The molecule has 2 aliphatic rings. The summed E-state index contributed by atoms with van der Waals surface area (Å²) in [5, 5.41) is 0.912. The van der Waals surface area contributed by atoms with Gasteiger partial charge in [0.25, 0.3) is 0 Å². The average molecular weight is 554 g/mol. The molecule has 8 nitrogen and oxygen atoms in total. The highest BCUT2D eigenvalue weighted by Gasteiger charge is 2.24. The Morgan fingerprint density at radius 2 is 1.89 bits per heavy atom. The van der Waals surface area contributed by atoms with E-state index < -0.39 is 9.84 Å². The van der Waals surface area contributed by atoms with Crippen molar-refractivity contribution >= 4 is 48.1 Å². The Bertz CT molecular complexity index is 1550. The summed E-state index contributed by atoms with van der Waals surface area (Å²) in [6, 6.07) is 7.56. The van der Waals surface area contributed by atoms with Gasteiger partial charge in [0.2, 0.25) is 0 Å². The number of sulfone groups is 1. The summed E-state index contributed by atoms with van der Waals surface area (Å²) in [6.45, 7) is 8.38. The number of H-pyrrole nitrogens is 1. The first-order chi connectivity index (χ1) is 18.4. The van der Waals surface area contributed by atoms with Crippen molar-refractivity contribution in [1.82, 2.24) is 19.9 Å². The summed E-state index contributed by atoms with van der Waals surface area (Å²) in [6.07, 6.45) is 8.24. The molecule has 0 spiro atoms. The van der Waals surface area contributed by atoms with Crippen molar-refractivity contribution < 1.29 is 13.2 Å². The van der Waals surface area contributed by atoms with Crippen molar-refractivity contribution in [3.05, 3.63) is 35.3 Å². The molecule has 0 atom stereocenters. The molecule has 2 aliphatic heterocycles. The fourth-order valence-corrected chi connectivity index (χ4v) is 7.57. The maximum Gasteiger partial charge on any atom is 0.175 e. The standard InChI is InChI=1S/C28H35N5O3S2/c1-3-4-19-6-9-32(10-7-19)18-20-15-25-26(37-20)28(33-11-13-36-14-12-33)31-27(30-25)23-16-21(38(2,34)35)17-24-22(23)5-8-29-24/h5,8,15-17,19,29H,3-4,6-7,9-14,18H2,1-2H3. The zero-order chi connectivity index (χ0) is 26.3. The van der Waals surface area contributed by atoms with Gasteiger partial charge in [-0.1, -0.05) is 19.8 Å². The van der Waals surface area contributed by atoms with E-state index >= 15 is 0 Å². The van der Waals surface area contributed by atoms with Gasteiger partial charge < -0.3 is 14.6 Å². The van der Waals surface area contributed by atoms with E-state index in [0.717, 1.165) is 71.1 Å². The van der Waals surface area contributed by atoms with Crippen LogP contribution in [0.15, 0.2) is 35.4 Å². The highest BCUT2D eigenvalue weighted by molar-refractivity contribution is 7.90. The number of hydrogen-bond donors (Lipinski definition) is 1. The number of fused-ring (bicyclic) bond motifs is 2. The minimum Gasteiger partial charge on any atom is -0.378 e. The van der Waals surface area contributed by atoms with Gasteiger partial charge in [0.05, 0.1) is 28.3 Å². The van der Waals surface area contributed by atoms with Gasteiger partial charge in [0.1, 0.15) is 0 Å². The van der Waals surface area contributed by atoms with Gasteiger partial charge >= 0.3 is 0 Å². The number of thiophene rings is 1. The second-order valence-electron chi connectivity index (χ2n) is 10.6. The second-order valence-corrected chi connectivity index (χ2v) is 13.7. The number of rotatable bonds is 7. The second kappa shape index (κ2) is 10.6. The highest BCUT2D eigenvalue weighted by Crippen LogP contribution is 2.37. The maximum atomic E-state index is 12.5. The fourth-order valence-electron chi connectivity index (χ4n) is 5.75. The molecule has 0 saturated carbocycles. The zero-order valence-electron chi connectivity index (χ0n) is 22.1. The smallest absolute Gasteiger partial charge is 0.175 e. The SMILES string of the molecule is CCCC1CCN(Cc2cc3nc(-c4cc(S(C)(=O)=O)cc5[nH]ccc45)nc(N4CCOCC4)c3s2)CC1. The fraction of sp³-hybridized carbons (Fsp3) is 0.500. The molecule has 10 heteroatoms. The molecule has 1 N–H and O–H groups in total. The van der Waals surface area contributed by atoms with Crippen molar-refractivity contribution in [1.29, 1.82) is 0 Å². The molecule has 0 aliphatic carbocycles. The molecule has 202 valence electrons. The van der Waals surface area contributed by atoms with Crippen molar-refractivity contribution in [2.45, 2.75) is 44.0 Å². The van der Waals surface area contributed by atoms with Crippen LogP contribution in [0.25, 0.3) is 32.5 Å². The normalized spacial score (nSPS) is 18.1. The summed E-state index contributed by atoms with van der Waals surface area (Å²) < 4.78 is 31.7. The van der Waals surface area contributed by atoms with E-state index in [-0.39, 0.29) is 4.90 Å². The van der Waals surface area contributed by atoms with Crippen LogP contribution in [0, 0.1) is 5.92 Å². The number of aromatic nitrogens is 3. The van der Waals surface area contributed by atoms with Gasteiger partial charge in [0.15, 0.2) is 21.5 Å². The Kier molecular flexibility index (Phi) is 7.15. The van der Waals surface area contributed by atoms with E-state index in [1.54, 1.807) is 23.5 Å². The predicted octanol–water partition coefficient (Wildman–Crippen LogP) is 5.09. The van der Waals surface area contributed by atoms with Gasteiger partial charge in [-0.05, 0) is 56.1 Å². The van der Waals surface area contributed by atoms with Gasteiger partial charge in [-0.3, -0.25) is 4.90 Å². The predicted molar refractivity (Wildman–Crippen MR) is 154 cm³/mol. The topological polar surface area (TPSA) is 91.4 Å². The van der Waals surface area contributed by atoms with Crippen LogP contribution in [0.4, 0.5) is 5.82 Å². The molecule has 38 heavy (non-hydrogen) atoms. The first-order valence-corrected chi connectivity index (χ1v) is 16.3. The van der Waals surface area contributed by atoms with E-state index in [4.69, 9.17) is 14.7 Å². The maximum absolute atomic E-state index is 12.5. The first kappa shape index (κ1) is 25.7. The molecule has 4 aromatic rings. The quantitative estimate of drug-likeness (QED) is 0.341. The average Bonchev–Trinajstić information content (AvgIpc) is 3.55. The van der Waals surface area contributed by atoms with Crippen LogP contribution in [0.3, 0.4) is 0 Å². The number of anilines is 1. The lowest BCUT2D eigenvalue weighted by molar-refractivity contribution is 0.122. The van der Waals surface area contributed by atoms with Crippen LogP contribution < -0.4 is 4.90 Å². The lowest BCUT2D eigenvalue weighted by atomic mass is 9.92. The van der Waals surface area contributed by atoms with E-state index in [0.29, 0.717) is 19.0 Å². The molecule has 2 fully saturated rings. The van der Waals surface area contributed by atoms with Crippen molar-refractivity contribution in [3.63, 3.8) is 0 Å². The molecule has 2 saturated heterocycles. The summed E-state index contributed by atoms with van der Waals surface area (Å²) in [4.78, 5) is 19.7. The third kappa shape index (κ3) is 5.19. The Morgan fingerprint density at radius 1 is 1.11 bits per heavy atom. The molecule has 0 unspecified atom stereocenters. The molecule has 6 rings (SSSR count). The van der Waals surface area contributed by atoms with Gasteiger partial charge in [0, 0.05) is 53.4 Å². The van der Waals surface area contributed by atoms with Gasteiger partial charge in [-0.15, -0.1) is 11.3 Å². The van der Waals surface area contributed by atoms with Crippen molar-refractivity contribution in [2.75, 3.05) is 50.5 Å². The molecule has 0 bridgehead atoms. The summed E-state index contributed by atoms with van der Waals surface area (Å²) in [5.41, 5.74) is 2.41. The summed E-state index contributed by atoms with van der Waals surface area (Å²) in [5.74, 6) is 2.34. The van der Waals surface area contributed by atoms with E-state index in [2.05, 4.69) is 27.8 Å². The van der Waals surface area contributed by atoms with Crippen LogP contribution in [0.2, 0.25) is 0 Å². The number of nitrogens with zero attached hydrogens (tertiary/aromatic N) is 4. The number of morpholine rings is 1. The molecule has 0 radical (unpaired) electrons. The minimum absolute atomic E-state index is 0.261. The van der Waals surface area contributed by atoms with Gasteiger partial charge in [-0.2, -0.15) is 0 Å². The lowest BCUT2D eigenvalue weighted by Crippen LogP contribution is -2.36. The number of aromatic amines is 1. The molecule has 5 heterocycles. The van der Waals surface area contributed by atoms with Gasteiger partial charge in [-0.25, -0.2) is 18.4 Å². The number of benzene rings is 1. The summed E-state index contributed by atoms with van der Waals surface area (Å²) >= 11 is 1.79. The number of piperidine rings is 1. The number of ether oxygens (including phenoxy) is 1.